The van der Waals surface area contributed by atoms with Gasteiger partial charge in [0, 0.05) is 34.5 Å². The van der Waals surface area contributed by atoms with Crippen LogP contribution in [0, 0.1) is 11.3 Å². The van der Waals surface area contributed by atoms with Gasteiger partial charge in [0.15, 0.2) is 0 Å². The maximum atomic E-state index is 8.91. The number of imidazole rings is 1. The Labute approximate surface area is 144 Å². The van der Waals surface area contributed by atoms with Crippen LogP contribution < -0.4 is 0 Å². The minimum atomic E-state index is 0.189. The summed E-state index contributed by atoms with van der Waals surface area (Å²) in [5.41, 5.74) is 2.48. The molecule has 1 aliphatic rings. The third-order valence-electron chi connectivity index (χ3n) is 4.29. The summed E-state index contributed by atoms with van der Waals surface area (Å²) in [5, 5.41) is 8.91. The van der Waals surface area contributed by atoms with Gasteiger partial charge in [-0.1, -0.05) is 34.7 Å². The van der Waals surface area contributed by atoms with Crippen LogP contribution in [0.25, 0.3) is 5.69 Å². The molecule has 0 saturated carbocycles. The van der Waals surface area contributed by atoms with E-state index in [1.54, 1.807) is 6.20 Å². The highest BCUT2D eigenvalue weighted by atomic mass is 127. The Balaban J connectivity index is 1.57. The van der Waals surface area contributed by atoms with Crippen molar-refractivity contribution >= 4 is 22.6 Å². The molecule has 0 unspecified atom stereocenters. The van der Waals surface area contributed by atoms with Gasteiger partial charge in [0.2, 0.25) is 0 Å². The van der Waals surface area contributed by atoms with Crippen molar-refractivity contribution in [3.63, 3.8) is 0 Å². The Kier molecular flexibility index (Phi) is 4.79. The molecule has 22 heavy (non-hydrogen) atoms. The summed E-state index contributed by atoms with van der Waals surface area (Å²) < 4.78 is 2.20. The highest BCUT2D eigenvalue weighted by Crippen LogP contribution is 2.35. The number of piperidine rings is 1. The fraction of sp³-hybridized carbons (Fsp3) is 0.412. The van der Waals surface area contributed by atoms with Crippen LogP contribution in [0.3, 0.4) is 0 Å². The molecule has 0 N–H and O–H groups in total. The van der Waals surface area contributed by atoms with Crippen molar-refractivity contribution < 1.29 is 0 Å². The van der Waals surface area contributed by atoms with E-state index in [2.05, 4.69) is 62.8 Å². The van der Waals surface area contributed by atoms with E-state index in [0.29, 0.717) is 6.42 Å². The van der Waals surface area contributed by atoms with Gasteiger partial charge < -0.3 is 4.57 Å². The third-order valence-corrected chi connectivity index (χ3v) is 5.75. The van der Waals surface area contributed by atoms with Gasteiger partial charge in [-0.15, -0.1) is 0 Å². The van der Waals surface area contributed by atoms with Crippen LogP contribution in [-0.4, -0.2) is 31.0 Å². The number of rotatable bonds is 4. The lowest BCUT2D eigenvalue weighted by molar-refractivity contribution is 0.199. The Hall–Kier alpha value is -1.39. The van der Waals surface area contributed by atoms with E-state index >= 15 is 0 Å². The lowest BCUT2D eigenvalue weighted by Crippen LogP contribution is -2.40. The zero-order valence-electron chi connectivity index (χ0n) is 12.5. The maximum absolute atomic E-state index is 8.91. The Morgan fingerprint density at radius 2 is 1.95 bits per heavy atom. The first-order chi connectivity index (χ1) is 10.7. The third kappa shape index (κ3) is 3.68. The summed E-state index contributed by atoms with van der Waals surface area (Å²) >= 11 is 2.48. The van der Waals surface area contributed by atoms with Crippen molar-refractivity contribution in [1.29, 1.82) is 5.26 Å². The Morgan fingerprint density at radius 1 is 1.23 bits per heavy atom. The molecule has 0 atom stereocenters. The van der Waals surface area contributed by atoms with E-state index in [1.807, 2.05) is 17.1 Å². The number of hydrogen-bond donors (Lipinski definition) is 0. The molecule has 1 fully saturated rings. The van der Waals surface area contributed by atoms with Crippen LogP contribution in [0.2, 0.25) is 0 Å². The van der Waals surface area contributed by atoms with Gasteiger partial charge in [0.1, 0.15) is 0 Å². The smallest absolute Gasteiger partial charge is 0.0991 e. The lowest BCUT2D eigenvalue weighted by atomic mass is 9.94. The van der Waals surface area contributed by atoms with Gasteiger partial charge in [0.25, 0.3) is 0 Å². The van der Waals surface area contributed by atoms with Crippen molar-refractivity contribution in [2.45, 2.75) is 29.2 Å². The molecule has 4 nitrogen and oxygen atoms in total. The first-order valence-electron chi connectivity index (χ1n) is 7.54. The molecule has 3 rings (SSSR count). The molecule has 114 valence electrons. The van der Waals surface area contributed by atoms with Gasteiger partial charge in [-0.2, -0.15) is 5.26 Å². The monoisotopic (exact) mass is 406 g/mol. The number of nitrogens with zero attached hydrogens (tertiary/aromatic N) is 4. The summed E-state index contributed by atoms with van der Waals surface area (Å²) in [4.78, 5) is 6.56. The predicted octanol–water partition coefficient (Wildman–Crippen LogP) is 3.56. The van der Waals surface area contributed by atoms with E-state index in [4.69, 9.17) is 5.26 Å². The normalized spacial score (nSPS) is 18.0. The number of benzene rings is 1. The molecule has 0 amide bonds. The van der Waals surface area contributed by atoms with E-state index < -0.39 is 0 Å². The summed E-state index contributed by atoms with van der Waals surface area (Å²) in [6.45, 7) is 3.14. The maximum Gasteiger partial charge on any atom is 0.0991 e. The standard InChI is InChI=1S/C17H19IN4/c18-17(5-8-19)6-10-21(11-7-17)13-15-1-3-16(4-2-15)22-12-9-20-14-22/h1-4,9,12,14H,5-7,10-11,13H2. The second-order valence-electron chi connectivity index (χ2n) is 5.90. The summed E-state index contributed by atoms with van der Waals surface area (Å²) in [6, 6.07) is 11.0. The van der Waals surface area contributed by atoms with Crippen molar-refractivity contribution in [2.24, 2.45) is 0 Å². The molecule has 1 aliphatic heterocycles. The fourth-order valence-corrected chi connectivity index (χ4v) is 3.53. The van der Waals surface area contributed by atoms with E-state index in [-0.39, 0.29) is 3.42 Å². The first-order valence-corrected chi connectivity index (χ1v) is 8.62. The van der Waals surface area contributed by atoms with Gasteiger partial charge in [-0.05, 0) is 43.6 Å². The molecule has 5 heteroatoms. The molecule has 0 bridgehead atoms. The van der Waals surface area contributed by atoms with E-state index in [9.17, 15) is 0 Å². The molecule has 2 aromatic rings. The predicted molar refractivity (Wildman–Crippen MR) is 95.1 cm³/mol. The average molecular weight is 406 g/mol. The molecule has 2 heterocycles. The first kappa shape index (κ1) is 15.5. The molecular weight excluding hydrogens is 387 g/mol. The largest absolute Gasteiger partial charge is 0.306 e. The SMILES string of the molecule is N#CCC1(I)CCN(Cc2ccc(-n3ccnc3)cc2)CC1. The number of alkyl halides is 1. The number of aromatic nitrogens is 2. The molecule has 1 aromatic carbocycles. The van der Waals surface area contributed by atoms with Gasteiger partial charge in [-0.3, -0.25) is 4.90 Å². The Morgan fingerprint density at radius 3 is 2.55 bits per heavy atom. The average Bonchev–Trinajstić information content (AvgIpc) is 3.05. The van der Waals surface area contributed by atoms with Crippen molar-refractivity contribution in [1.82, 2.24) is 14.5 Å². The summed E-state index contributed by atoms with van der Waals surface area (Å²) in [6.07, 6.45) is 8.44. The van der Waals surface area contributed by atoms with Gasteiger partial charge in [-0.25, -0.2) is 4.98 Å². The van der Waals surface area contributed by atoms with E-state index in [0.717, 1.165) is 38.2 Å². The second-order valence-corrected chi connectivity index (χ2v) is 8.19. The minimum Gasteiger partial charge on any atom is -0.306 e. The van der Waals surface area contributed by atoms with Crippen molar-refractivity contribution in [3.05, 3.63) is 48.5 Å². The topological polar surface area (TPSA) is 44.9 Å². The molecule has 1 saturated heterocycles. The fourth-order valence-electron chi connectivity index (χ4n) is 2.87. The van der Waals surface area contributed by atoms with Crippen LogP contribution >= 0.6 is 22.6 Å². The summed E-state index contributed by atoms with van der Waals surface area (Å²) in [7, 11) is 0. The molecule has 0 radical (unpaired) electrons. The van der Waals surface area contributed by atoms with Gasteiger partial charge >= 0.3 is 0 Å². The number of nitriles is 1. The van der Waals surface area contributed by atoms with Crippen LogP contribution in [0.1, 0.15) is 24.8 Å². The van der Waals surface area contributed by atoms with Crippen LogP contribution in [-0.2, 0) is 6.54 Å². The number of likely N-dealkylation sites (tertiary alicyclic amines) is 1. The van der Waals surface area contributed by atoms with Crippen LogP contribution in [0.15, 0.2) is 43.0 Å². The van der Waals surface area contributed by atoms with Crippen molar-refractivity contribution in [2.75, 3.05) is 13.1 Å². The second kappa shape index (κ2) is 6.80. The summed E-state index contributed by atoms with van der Waals surface area (Å²) in [5.74, 6) is 0. The molecular formula is C17H19IN4. The zero-order chi connectivity index (χ0) is 15.4. The van der Waals surface area contributed by atoms with Crippen LogP contribution in [0.4, 0.5) is 0 Å². The van der Waals surface area contributed by atoms with E-state index in [1.165, 1.54) is 5.56 Å². The van der Waals surface area contributed by atoms with Gasteiger partial charge in [0.05, 0.1) is 12.4 Å². The molecule has 0 aliphatic carbocycles. The zero-order valence-corrected chi connectivity index (χ0v) is 14.6. The van der Waals surface area contributed by atoms with Crippen molar-refractivity contribution in [3.8, 4) is 11.8 Å². The number of halogens is 1. The Bertz CT molecular complexity index is 634. The highest BCUT2D eigenvalue weighted by molar-refractivity contribution is 14.1. The molecule has 0 spiro atoms. The van der Waals surface area contributed by atoms with Crippen LogP contribution in [0.5, 0.6) is 0 Å². The quantitative estimate of drug-likeness (QED) is 0.576. The highest BCUT2D eigenvalue weighted by Gasteiger charge is 2.31. The minimum absolute atomic E-state index is 0.189. The number of hydrogen-bond acceptors (Lipinski definition) is 3. The lowest BCUT2D eigenvalue weighted by Gasteiger charge is -2.36. The molecule has 1 aromatic heterocycles.